The molecule has 2 aromatic rings. The standard InChI is InChI=1S/C19H22Cl2N2/c20-17-6-7-19(18(21)12-17)22-13-15-8-10-23(11-9-15)14-16-4-2-1-3-5-16/h1-7,12,15,22H,8-11,13-14H2. The van der Waals surface area contributed by atoms with Gasteiger partial charge in [0.1, 0.15) is 0 Å². The minimum Gasteiger partial charge on any atom is -0.384 e. The second kappa shape index (κ2) is 8.05. The van der Waals surface area contributed by atoms with Gasteiger partial charge in [-0.2, -0.15) is 0 Å². The van der Waals surface area contributed by atoms with Crippen LogP contribution in [0, 0.1) is 5.92 Å². The van der Waals surface area contributed by atoms with E-state index in [0.717, 1.165) is 31.9 Å². The highest BCUT2D eigenvalue weighted by Gasteiger charge is 2.19. The SMILES string of the molecule is Clc1ccc(NCC2CCN(Cc3ccccc3)CC2)c(Cl)c1. The van der Waals surface area contributed by atoms with Crippen LogP contribution in [0.1, 0.15) is 18.4 Å². The highest BCUT2D eigenvalue weighted by atomic mass is 35.5. The zero-order valence-corrected chi connectivity index (χ0v) is 14.7. The van der Waals surface area contributed by atoms with Gasteiger partial charge < -0.3 is 5.32 Å². The summed E-state index contributed by atoms with van der Waals surface area (Å²) in [5, 5.41) is 4.83. The van der Waals surface area contributed by atoms with E-state index in [2.05, 4.69) is 40.5 Å². The Kier molecular flexibility index (Phi) is 5.82. The summed E-state index contributed by atoms with van der Waals surface area (Å²) in [6.45, 7) is 4.36. The maximum Gasteiger partial charge on any atom is 0.0652 e. The van der Waals surface area contributed by atoms with Gasteiger partial charge in [0.05, 0.1) is 10.7 Å². The van der Waals surface area contributed by atoms with Gasteiger partial charge in [-0.1, -0.05) is 53.5 Å². The second-order valence-electron chi connectivity index (χ2n) is 6.21. The van der Waals surface area contributed by atoms with E-state index >= 15 is 0 Å². The Morgan fingerprint density at radius 1 is 1.00 bits per heavy atom. The fourth-order valence-electron chi connectivity index (χ4n) is 3.08. The average Bonchev–Trinajstić information content (AvgIpc) is 2.56. The van der Waals surface area contributed by atoms with Gasteiger partial charge >= 0.3 is 0 Å². The van der Waals surface area contributed by atoms with Crippen molar-refractivity contribution in [1.29, 1.82) is 0 Å². The molecule has 0 amide bonds. The molecule has 2 aromatic carbocycles. The van der Waals surface area contributed by atoms with Crippen molar-refractivity contribution in [2.45, 2.75) is 19.4 Å². The summed E-state index contributed by atoms with van der Waals surface area (Å²) < 4.78 is 0. The van der Waals surface area contributed by atoms with Crippen molar-refractivity contribution in [3.8, 4) is 0 Å². The number of likely N-dealkylation sites (tertiary alicyclic amines) is 1. The fraction of sp³-hybridized carbons (Fsp3) is 0.368. The number of benzene rings is 2. The lowest BCUT2D eigenvalue weighted by Crippen LogP contribution is -2.35. The van der Waals surface area contributed by atoms with Crippen LogP contribution in [0.4, 0.5) is 5.69 Å². The van der Waals surface area contributed by atoms with E-state index in [4.69, 9.17) is 23.2 Å². The molecule has 0 radical (unpaired) electrons. The van der Waals surface area contributed by atoms with E-state index in [1.165, 1.54) is 18.4 Å². The normalized spacial score (nSPS) is 16.4. The average molecular weight is 349 g/mol. The molecule has 1 aliphatic rings. The monoisotopic (exact) mass is 348 g/mol. The third kappa shape index (κ3) is 4.87. The molecule has 122 valence electrons. The third-order valence-electron chi connectivity index (χ3n) is 4.47. The molecule has 0 atom stereocenters. The van der Waals surface area contributed by atoms with Gasteiger partial charge in [0.2, 0.25) is 0 Å². The Morgan fingerprint density at radius 2 is 1.74 bits per heavy atom. The first-order valence-corrected chi connectivity index (χ1v) is 8.91. The van der Waals surface area contributed by atoms with Crippen LogP contribution in [0.15, 0.2) is 48.5 Å². The molecule has 0 saturated carbocycles. The largest absolute Gasteiger partial charge is 0.384 e. The molecule has 4 heteroatoms. The molecule has 0 unspecified atom stereocenters. The molecule has 3 rings (SSSR count). The molecule has 23 heavy (non-hydrogen) atoms. The molecule has 1 aliphatic heterocycles. The molecule has 2 nitrogen and oxygen atoms in total. The molecule has 1 heterocycles. The quantitative estimate of drug-likeness (QED) is 0.786. The summed E-state index contributed by atoms with van der Waals surface area (Å²) >= 11 is 12.1. The van der Waals surface area contributed by atoms with Crippen molar-refractivity contribution in [3.05, 3.63) is 64.1 Å². The topological polar surface area (TPSA) is 15.3 Å². The molecule has 1 fully saturated rings. The number of nitrogens with zero attached hydrogens (tertiary/aromatic N) is 1. The van der Waals surface area contributed by atoms with Gasteiger partial charge in [0, 0.05) is 18.1 Å². The first-order valence-electron chi connectivity index (χ1n) is 8.16. The lowest BCUT2D eigenvalue weighted by Gasteiger charge is -2.32. The Labute approximate surface area is 148 Å². The molecule has 0 aromatic heterocycles. The minimum atomic E-state index is 0.676. The van der Waals surface area contributed by atoms with Gasteiger partial charge in [0.15, 0.2) is 0 Å². The molecule has 0 bridgehead atoms. The minimum absolute atomic E-state index is 0.676. The Balaban J connectivity index is 1.44. The van der Waals surface area contributed by atoms with Crippen molar-refractivity contribution in [2.24, 2.45) is 5.92 Å². The van der Waals surface area contributed by atoms with Crippen LogP contribution in [0.3, 0.4) is 0 Å². The smallest absolute Gasteiger partial charge is 0.0652 e. The number of piperidine rings is 1. The maximum atomic E-state index is 6.21. The second-order valence-corrected chi connectivity index (χ2v) is 7.05. The highest BCUT2D eigenvalue weighted by molar-refractivity contribution is 6.36. The molecule has 1 saturated heterocycles. The van der Waals surface area contributed by atoms with Gasteiger partial charge in [-0.25, -0.2) is 0 Å². The maximum absolute atomic E-state index is 6.21. The van der Waals surface area contributed by atoms with E-state index in [-0.39, 0.29) is 0 Å². The van der Waals surface area contributed by atoms with Crippen molar-refractivity contribution in [1.82, 2.24) is 4.90 Å². The van der Waals surface area contributed by atoms with Gasteiger partial charge in [-0.3, -0.25) is 4.90 Å². The molecule has 0 spiro atoms. The molecule has 1 N–H and O–H groups in total. The predicted octanol–water partition coefficient (Wildman–Crippen LogP) is 5.32. The Morgan fingerprint density at radius 3 is 2.43 bits per heavy atom. The van der Waals surface area contributed by atoms with Gasteiger partial charge in [-0.15, -0.1) is 0 Å². The van der Waals surface area contributed by atoms with Crippen LogP contribution >= 0.6 is 23.2 Å². The number of hydrogen-bond donors (Lipinski definition) is 1. The first-order chi connectivity index (χ1) is 11.2. The summed E-state index contributed by atoms with van der Waals surface area (Å²) in [6.07, 6.45) is 2.45. The van der Waals surface area contributed by atoms with Crippen LogP contribution < -0.4 is 5.32 Å². The van der Waals surface area contributed by atoms with Crippen molar-refractivity contribution in [2.75, 3.05) is 25.0 Å². The van der Waals surface area contributed by atoms with Crippen LogP contribution in [-0.2, 0) is 6.54 Å². The molecule has 0 aliphatic carbocycles. The number of anilines is 1. The van der Waals surface area contributed by atoms with Crippen LogP contribution in [0.25, 0.3) is 0 Å². The van der Waals surface area contributed by atoms with Crippen molar-refractivity contribution >= 4 is 28.9 Å². The van der Waals surface area contributed by atoms with E-state index < -0.39 is 0 Å². The first kappa shape index (κ1) is 16.6. The van der Waals surface area contributed by atoms with E-state index in [1.54, 1.807) is 6.07 Å². The van der Waals surface area contributed by atoms with E-state index in [0.29, 0.717) is 16.0 Å². The van der Waals surface area contributed by atoms with Crippen LogP contribution in [-0.4, -0.2) is 24.5 Å². The number of hydrogen-bond acceptors (Lipinski definition) is 2. The highest BCUT2D eigenvalue weighted by Crippen LogP contribution is 2.26. The van der Waals surface area contributed by atoms with Crippen molar-refractivity contribution in [3.63, 3.8) is 0 Å². The Bertz CT molecular complexity index is 623. The zero-order chi connectivity index (χ0) is 16.1. The predicted molar refractivity (Wildman–Crippen MR) is 99.4 cm³/mol. The van der Waals surface area contributed by atoms with Gasteiger partial charge in [-0.05, 0) is 55.6 Å². The molecular weight excluding hydrogens is 327 g/mol. The fourth-order valence-corrected chi connectivity index (χ4v) is 3.55. The van der Waals surface area contributed by atoms with E-state index in [9.17, 15) is 0 Å². The third-order valence-corrected chi connectivity index (χ3v) is 5.02. The summed E-state index contributed by atoms with van der Waals surface area (Å²) in [4.78, 5) is 2.54. The number of nitrogens with one attached hydrogen (secondary N) is 1. The summed E-state index contributed by atoms with van der Waals surface area (Å²) in [6, 6.07) is 16.3. The summed E-state index contributed by atoms with van der Waals surface area (Å²) in [5.74, 6) is 0.703. The van der Waals surface area contributed by atoms with E-state index in [1.807, 2.05) is 12.1 Å². The lowest BCUT2D eigenvalue weighted by molar-refractivity contribution is 0.182. The van der Waals surface area contributed by atoms with Crippen LogP contribution in [0.2, 0.25) is 10.0 Å². The van der Waals surface area contributed by atoms with Gasteiger partial charge in [0.25, 0.3) is 0 Å². The van der Waals surface area contributed by atoms with Crippen LogP contribution in [0.5, 0.6) is 0 Å². The lowest BCUT2D eigenvalue weighted by atomic mass is 9.96. The van der Waals surface area contributed by atoms with Crippen molar-refractivity contribution < 1.29 is 0 Å². The molecular formula is C19H22Cl2N2. The number of rotatable bonds is 5. The summed E-state index contributed by atoms with van der Waals surface area (Å²) in [7, 11) is 0. The zero-order valence-electron chi connectivity index (χ0n) is 13.1. The Hall–Kier alpha value is -1.22. The summed E-state index contributed by atoms with van der Waals surface area (Å²) in [5.41, 5.74) is 2.37. The number of halogens is 2.